The third kappa shape index (κ3) is 5.74. The van der Waals surface area contributed by atoms with Crippen molar-refractivity contribution in [3.05, 3.63) is 29.8 Å². The fraction of sp³-hybridized carbons (Fsp3) is 0.600. The molecule has 0 radical (unpaired) electrons. The molecule has 120 valence electrons. The van der Waals surface area contributed by atoms with Gasteiger partial charge in [-0.05, 0) is 44.5 Å². The van der Waals surface area contributed by atoms with E-state index in [1.54, 1.807) is 18.2 Å². The quantitative estimate of drug-likeness (QED) is 0.649. The van der Waals surface area contributed by atoms with Gasteiger partial charge in [0.05, 0.1) is 4.90 Å². The molecule has 0 aliphatic carbocycles. The summed E-state index contributed by atoms with van der Waals surface area (Å²) in [4.78, 5) is 0.310. The number of hydrogen-bond acceptors (Lipinski definition) is 4. The molecule has 1 rings (SSSR count). The van der Waals surface area contributed by atoms with E-state index in [4.69, 9.17) is 4.74 Å². The predicted molar refractivity (Wildman–Crippen MR) is 84.8 cm³/mol. The summed E-state index contributed by atoms with van der Waals surface area (Å²) in [6, 6.07) is 7.24. The number of ether oxygens (including phenoxy) is 1. The first-order valence-corrected chi connectivity index (χ1v) is 8.88. The molecule has 0 aromatic heterocycles. The van der Waals surface area contributed by atoms with Crippen LogP contribution < -0.4 is 10.0 Å². The molecule has 0 saturated heterocycles. The van der Waals surface area contributed by atoms with Gasteiger partial charge in [-0.25, -0.2) is 13.1 Å². The van der Waals surface area contributed by atoms with Crippen LogP contribution in [0.2, 0.25) is 0 Å². The van der Waals surface area contributed by atoms with E-state index in [9.17, 15) is 8.42 Å². The zero-order valence-corrected chi connectivity index (χ0v) is 13.9. The average molecular weight is 314 g/mol. The number of sulfonamides is 1. The van der Waals surface area contributed by atoms with Crippen LogP contribution in [0.1, 0.15) is 38.3 Å². The Morgan fingerprint density at radius 1 is 1.29 bits per heavy atom. The molecule has 0 aliphatic rings. The minimum atomic E-state index is -3.45. The summed E-state index contributed by atoms with van der Waals surface area (Å²) in [7, 11) is -1.58. The molecule has 2 N–H and O–H groups in total. The second-order valence-corrected chi connectivity index (χ2v) is 6.54. The highest BCUT2D eigenvalue weighted by molar-refractivity contribution is 7.89. The van der Waals surface area contributed by atoms with Crippen molar-refractivity contribution in [3.63, 3.8) is 0 Å². The van der Waals surface area contributed by atoms with Crippen molar-refractivity contribution in [2.24, 2.45) is 0 Å². The van der Waals surface area contributed by atoms with Crippen molar-refractivity contribution < 1.29 is 13.2 Å². The van der Waals surface area contributed by atoms with Crippen LogP contribution in [0.3, 0.4) is 0 Å². The van der Waals surface area contributed by atoms with Crippen molar-refractivity contribution in [3.8, 4) is 0 Å². The van der Waals surface area contributed by atoms with E-state index in [0.717, 1.165) is 12.0 Å². The Labute approximate surface area is 128 Å². The highest BCUT2D eigenvalue weighted by atomic mass is 32.2. The Balaban J connectivity index is 2.72. The first-order valence-electron chi connectivity index (χ1n) is 7.39. The highest BCUT2D eigenvalue weighted by Gasteiger charge is 2.15. The van der Waals surface area contributed by atoms with E-state index in [1.165, 1.54) is 0 Å². The van der Waals surface area contributed by atoms with E-state index in [1.807, 2.05) is 20.0 Å². The summed E-state index contributed by atoms with van der Waals surface area (Å²) in [5, 5.41) is 3.18. The minimum absolute atomic E-state index is 0.165. The van der Waals surface area contributed by atoms with Gasteiger partial charge in [-0.2, -0.15) is 0 Å². The summed E-state index contributed by atoms with van der Waals surface area (Å²) < 4.78 is 32.3. The van der Waals surface area contributed by atoms with Crippen molar-refractivity contribution in [2.45, 2.75) is 37.6 Å². The molecule has 0 heterocycles. The lowest BCUT2D eigenvalue weighted by Gasteiger charge is -2.15. The van der Waals surface area contributed by atoms with Gasteiger partial charge < -0.3 is 10.1 Å². The fourth-order valence-electron chi connectivity index (χ4n) is 2.11. The second kappa shape index (κ2) is 9.15. The zero-order chi connectivity index (χ0) is 15.7. The first-order chi connectivity index (χ1) is 10.0. The molecular weight excluding hydrogens is 288 g/mol. The Bertz CT molecular complexity index is 513. The lowest BCUT2D eigenvalue weighted by molar-refractivity contribution is 0.146. The molecule has 5 nitrogen and oxygen atoms in total. The van der Waals surface area contributed by atoms with Crippen LogP contribution in [-0.2, 0) is 14.8 Å². The van der Waals surface area contributed by atoms with Crippen molar-refractivity contribution in [1.82, 2.24) is 10.0 Å². The number of benzene rings is 1. The number of hydrogen-bond donors (Lipinski definition) is 2. The SMILES string of the molecule is CCOCCCNS(=O)(=O)c1cccc(C(CC)NC)c1. The summed E-state index contributed by atoms with van der Waals surface area (Å²) in [6.07, 6.45) is 1.57. The number of nitrogens with one attached hydrogen (secondary N) is 2. The third-order valence-electron chi connectivity index (χ3n) is 3.29. The van der Waals surface area contributed by atoms with Gasteiger partial charge in [0, 0.05) is 25.8 Å². The molecule has 0 amide bonds. The maximum absolute atomic E-state index is 12.2. The molecule has 0 aliphatic heterocycles. The van der Waals surface area contributed by atoms with Crippen LogP contribution in [-0.4, -0.2) is 35.2 Å². The molecule has 1 unspecified atom stereocenters. The van der Waals surface area contributed by atoms with Crippen molar-refractivity contribution in [1.29, 1.82) is 0 Å². The van der Waals surface area contributed by atoms with Crippen LogP contribution in [0.4, 0.5) is 0 Å². The first kappa shape index (κ1) is 18.1. The molecule has 0 bridgehead atoms. The van der Waals surface area contributed by atoms with E-state index < -0.39 is 10.0 Å². The molecule has 0 fully saturated rings. The van der Waals surface area contributed by atoms with E-state index in [0.29, 0.717) is 31.1 Å². The van der Waals surface area contributed by atoms with Gasteiger partial charge >= 0.3 is 0 Å². The maximum Gasteiger partial charge on any atom is 0.240 e. The Morgan fingerprint density at radius 3 is 2.67 bits per heavy atom. The maximum atomic E-state index is 12.2. The summed E-state index contributed by atoms with van der Waals surface area (Å²) in [5.74, 6) is 0. The molecule has 21 heavy (non-hydrogen) atoms. The second-order valence-electron chi connectivity index (χ2n) is 4.77. The zero-order valence-electron chi connectivity index (χ0n) is 13.1. The predicted octanol–water partition coefficient (Wildman–Crippen LogP) is 2.06. The van der Waals surface area contributed by atoms with Crippen LogP contribution >= 0.6 is 0 Å². The van der Waals surface area contributed by atoms with Crippen LogP contribution in [0.15, 0.2) is 29.2 Å². The fourth-order valence-corrected chi connectivity index (χ4v) is 3.24. The Hall–Kier alpha value is -0.950. The van der Waals surface area contributed by atoms with Crippen molar-refractivity contribution in [2.75, 3.05) is 26.8 Å². The summed E-state index contributed by atoms with van der Waals surface area (Å²) in [6.45, 7) is 5.58. The van der Waals surface area contributed by atoms with Gasteiger partial charge in [-0.1, -0.05) is 19.1 Å². The van der Waals surface area contributed by atoms with E-state index >= 15 is 0 Å². The van der Waals surface area contributed by atoms with Crippen molar-refractivity contribution >= 4 is 10.0 Å². The van der Waals surface area contributed by atoms with Gasteiger partial charge in [0.25, 0.3) is 0 Å². The molecule has 1 atom stereocenters. The molecule has 0 saturated carbocycles. The average Bonchev–Trinajstić information content (AvgIpc) is 2.48. The van der Waals surface area contributed by atoms with Gasteiger partial charge in [-0.15, -0.1) is 0 Å². The topological polar surface area (TPSA) is 67.4 Å². The molecule has 0 spiro atoms. The minimum Gasteiger partial charge on any atom is -0.382 e. The highest BCUT2D eigenvalue weighted by Crippen LogP contribution is 2.19. The van der Waals surface area contributed by atoms with E-state index in [-0.39, 0.29) is 6.04 Å². The van der Waals surface area contributed by atoms with Gasteiger partial charge in [0.1, 0.15) is 0 Å². The van der Waals surface area contributed by atoms with E-state index in [2.05, 4.69) is 17.0 Å². The van der Waals surface area contributed by atoms with Gasteiger partial charge in [0.15, 0.2) is 0 Å². The lowest BCUT2D eigenvalue weighted by Crippen LogP contribution is -2.26. The molecule has 1 aromatic rings. The van der Waals surface area contributed by atoms with Crippen LogP contribution in [0.5, 0.6) is 0 Å². The third-order valence-corrected chi connectivity index (χ3v) is 4.75. The van der Waals surface area contributed by atoms with Crippen LogP contribution in [0, 0.1) is 0 Å². The largest absolute Gasteiger partial charge is 0.382 e. The molecular formula is C15H26N2O3S. The Morgan fingerprint density at radius 2 is 2.05 bits per heavy atom. The normalized spacial score (nSPS) is 13.3. The van der Waals surface area contributed by atoms with Crippen LogP contribution in [0.25, 0.3) is 0 Å². The monoisotopic (exact) mass is 314 g/mol. The Kier molecular flexibility index (Phi) is 7.88. The summed E-state index contributed by atoms with van der Waals surface area (Å²) >= 11 is 0. The summed E-state index contributed by atoms with van der Waals surface area (Å²) in [5.41, 5.74) is 0.984. The number of rotatable bonds is 10. The van der Waals surface area contributed by atoms with Gasteiger partial charge in [-0.3, -0.25) is 0 Å². The standard InChI is InChI=1S/C15H26N2O3S/c1-4-15(16-3)13-8-6-9-14(12-13)21(18,19)17-10-7-11-20-5-2/h6,8-9,12,15-17H,4-5,7,10-11H2,1-3H3. The van der Waals surface area contributed by atoms with Gasteiger partial charge in [0.2, 0.25) is 10.0 Å². The lowest BCUT2D eigenvalue weighted by atomic mass is 10.1. The smallest absolute Gasteiger partial charge is 0.240 e. The molecule has 6 heteroatoms. The molecule has 1 aromatic carbocycles.